The number of nitrogens with one attached hydrogen (secondary N) is 1. The number of carboxylic acid groups (broad SMARTS) is 1. The lowest BCUT2D eigenvalue weighted by Gasteiger charge is -2.09. The lowest BCUT2D eigenvalue weighted by molar-refractivity contribution is -0.140. The Morgan fingerprint density at radius 3 is 2.50 bits per heavy atom. The van der Waals surface area contributed by atoms with E-state index in [1.807, 2.05) is 48.5 Å². The van der Waals surface area contributed by atoms with Crippen LogP contribution in [0.5, 0.6) is 0 Å². The normalized spacial score (nSPS) is 16.2. The largest absolute Gasteiger partial charge is 0.481 e. The summed E-state index contributed by atoms with van der Waals surface area (Å²) in [5.74, 6) is -1.93. The first-order chi connectivity index (χ1) is 10.6. The van der Waals surface area contributed by atoms with Gasteiger partial charge < -0.3 is 10.4 Å². The zero-order valence-corrected chi connectivity index (χ0v) is 11.8. The Morgan fingerprint density at radius 1 is 1.09 bits per heavy atom. The molecule has 4 heteroatoms. The van der Waals surface area contributed by atoms with E-state index in [0.717, 1.165) is 16.8 Å². The molecule has 0 spiro atoms. The summed E-state index contributed by atoms with van der Waals surface area (Å²) in [6.45, 7) is 0. The molecule has 1 aliphatic heterocycles. The van der Waals surface area contributed by atoms with E-state index in [0.29, 0.717) is 12.0 Å². The zero-order chi connectivity index (χ0) is 15.5. The van der Waals surface area contributed by atoms with E-state index in [9.17, 15) is 14.7 Å². The molecule has 2 N–H and O–H groups in total. The van der Waals surface area contributed by atoms with E-state index < -0.39 is 11.9 Å². The van der Waals surface area contributed by atoms with Gasteiger partial charge in [0.2, 0.25) is 0 Å². The van der Waals surface area contributed by atoms with E-state index in [2.05, 4.69) is 5.32 Å². The Labute approximate surface area is 128 Å². The van der Waals surface area contributed by atoms with Crippen LogP contribution in [0.2, 0.25) is 0 Å². The van der Waals surface area contributed by atoms with E-state index >= 15 is 0 Å². The second-order valence-corrected chi connectivity index (χ2v) is 5.21. The molecular weight excluding hydrogens is 278 g/mol. The Balaban J connectivity index is 1.93. The number of benzene rings is 2. The highest BCUT2D eigenvalue weighted by Gasteiger charge is 2.26. The molecule has 0 saturated carbocycles. The van der Waals surface area contributed by atoms with Crippen LogP contribution in [-0.4, -0.2) is 17.0 Å². The van der Waals surface area contributed by atoms with Gasteiger partial charge in [-0.25, -0.2) is 0 Å². The minimum Gasteiger partial charge on any atom is -0.481 e. The molecule has 3 rings (SSSR count). The summed E-state index contributed by atoms with van der Waals surface area (Å²) < 4.78 is 0. The summed E-state index contributed by atoms with van der Waals surface area (Å²) >= 11 is 0. The van der Waals surface area contributed by atoms with Crippen molar-refractivity contribution in [3.63, 3.8) is 0 Å². The molecule has 0 bridgehead atoms. The molecule has 1 aliphatic rings. The van der Waals surface area contributed by atoms with Crippen molar-refractivity contribution >= 4 is 23.1 Å². The summed E-state index contributed by atoms with van der Waals surface area (Å²) in [5.41, 5.74) is 2.84. The molecule has 0 aliphatic carbocycles. The molecule has 1 unspecified atom stereocenters. The van der Waals surface area contributed by atoms with Crippen molar-refractivity contribution in [2.24, 2.45) is 5.92 Å². The van der Waals surface area contributed by atoms with Crippen molar-refractivity contribution < 1.29 is 14.7 Å². The van der Waals surface area contributed by atoms with Crippen molar-refractivity contribution in [1.82, 2.24) is 0 Å². The standard InChI is InChI=1S/C18H15NO3/c20-17-15(14-8-4-5-9-16(14)19-17)11-13(18(21)22)10-12-6-2-1-3-7-12/h1-9,11,13H,10H2,(H,19,20)(H,21,22). The van der Waals surface area contributed by atoms with Crippen LogP contribution in [0.3, 0.4) is 0 Å². The maximum atomic E-state index is 12.1. The summed E-state index contributed by atoms with van der Waals surface area (Å²) in [4.78, 5) is 23.6. The van der Waals surface area contributed by atoms with Gasteiger partial charge in [-0.1, -0.05) is 54.6 Å². The van der Waals surface area contributed by atoms with E-state index in [1.54, 1.807) is 12.1 Å². The maximum absolute atomic E-state index is 12.1. The van der Waals surface area contributed by atoms with Gasteiger partial charge in [-0.3, -0.25) is 9.59 Å². The first-order valence-electron chi connectivity index (χ1n) is 7.04. The third kappa shape index (κ3) is 2.76. The van der Waals surface area contributed by atoms with Gasteiger partial charge in [-0.05, 0) is 18.1 Å². The van der Waals surface area contributed by atoms with Crippen LogP contribution in [0.4, 0.5) is 5.69 Å². The van der Waals surface area contributed by atoms with Crippen LogP contribution in [0.15, 0.2) is 60.7 Å². The van der Waals surface area contributed by atoms with Crippen molar-refractivity contribution in [2.45, 2.75) is 6.42 Å². The van der Waals surface area contributed by atoms with Gasteiger partial charge in [0.25, 0.3) is 5.91 Å². The summed E-state index contributed by atoms with van der Waals surface area (Å²) in [7, 11) is 0. The monoisotopic (exact) mass is 293 g/mol. The average molecular weight is 293 g/mol. The molecule has 0 saturated heterocycles. The lowest BCUT2D eigenvalue weighted by atomic mass is 9.95. The predicted molar refractivity (Wildman–Crippen MR) is 84.3 cm³/mol. The molecule has 2 aromatic rings. The van der Waals surface area contributed by atoms with Crippen molar-refractivity contribution in [1.29, 1.82) is 0 Å². The van der Waals surface area contributed by atoms with Gasteiger partial charge in [-0.15, -0.1) is 0 Å². The fourth-order valence-corrected chi connectivity index (χ4v) is 2.59. The highest BCUT2D eigenvalue weighted by atomic mass is 16.4. The highest BCUT2D eigenvalue weighted by molar-refractivity contribution is 6.31. The second-order valence-electron chi connectivity index (χ2n) is 5.21. The minimum atomic E-state index is -0.937. The van der Waals surface area contributed by atoms with Gasteiger partial charge >= 0.3 is 5.97 Å². The molecular formula is C18H15NO3. The molecule has 2 aromatic carbocycles. The number of carboxylic acids is 1. The van der Waals surface area contributed by atoms with Crippen LogP contribution < -0.4 is 5.32 Å². The number of fused-ring (bicyclic) bond motifs is 1. The van der Waals surface area contributed by atoms with Gasteiger partial charge in [-0.2, -0.15) is 0 Å². The Kier molecular flexibility index (Phi) is 3.74. The number of carbonyl (C=O) groups excluding carboxylic acids is 1. The van der Waals surface area contributed by atoms with Gasteiger partial charge in [0.05, 0.1) is 5.92 Å². The summed E-state index contributed by atoms with van der Waals surface area (Å²) in [5, 5.41) is 12.2. The zero-order valence-electron chi connectivity index (χ0n) is 11.8. The first-order valence-corrected chi connectivity index (χ1v) is 7.04. The third-order valence-corrected chi connectivity index (χ3v) is 3.69. The van der Waals surface area contributed by atoms with E-state index in [4.69, 9.17) is 0 Å². The molecule has 1 heterocycles. The van der Waals surface area contributed by atoms with Crippen LogP contribution in [0.1, 0.15) is 11.1 Å². The predicted octanol–water partition coefficient (Wildman–Crippen LogP) is 2.97. The maximum Gasteiger partial charge on any atom is 0.310 e. The smallest absolute Gasteiger partial charge is 0.310 e. The van der Waals surface area contributed by atoms with Gasteiger partial charge in [0.15, 0.2) is 0 Å². The van der Waals surface area contributed by atoms with Crippen molar-refractivity contribution in [2.75, 3.05) is 5.32 Å². The van der Waals surface area contributed by atoms with E-state index in [-0.39, 0.29) is 5.91 Å². The number of carbonyl (C=O) groups is 2. The number of hydrogen-bond donors (Lipinski definition) is 2. The van der Waals surface area contributed by atoms with Crippen molar-refractivity contribution in [3.05, 3.63) is 71.8 Å². The number of aliphatic carboxylic acids is 1. The fraction of sp³-hybridized carbons (Fsp3) is 0.111. The Morgan fingerprint density at radius 2 is 1.77 bits per heavy atom. The minimum absolute atomic E-state index is 0.250. The summed E-state index contributed by atoms with van der Waals surface area (Å²) in [6.07, 6.45) is 1.91. The molecule has 0 radical (unpaired) electrons. The Bertz CT molecular complexity index is 750. The average Bonchev–Trinajstić information content (AvgIpc) is 2.83. The van der Waals surface area contributed by atoms with Crippen LogP contribution in [0, 0.1) is 5.92 Å². The number of para-hydroxylation sites is 1. The molecule has 1 atom stereocenters. The topological polar surface area (TPSA) is 66.4 Å². The van der Waals surface area contributed by atoms with Gasteiger partial charge in [0.1, 0.15) is 0 Å². The van der Waals surface area contributed by atoms with E-state index in [1.165, 1.54) is 0 Å². The molecule has 0 fully saturated rings. The van der Waals surface area contributed by atoms with Crippen LogP contribution in [0.25, 0.3) is 5.57 Å². The number of rotatable bonds is 4. The molecule has 4 nitrogen and oxygen atoms in total. The highest BCUT2D eigenvalue weighted by Crippen LogP contribution is 2.32. The molecule has 110 valence electrons. The SMILES string of the molecule is O=C1Nc2ccccc2C1=CC(Cc1ccccc1)C(=O)O. The Hall–Kier alpha value is -2.88. The number of hydrogen-bond acceptors (Lipinski definition) is 2. The molecule has 22 heavy (non-hydrogen) atoms. The number of amides is 1. The lowest BCUT2D eigenvalue weighted by Crippen LogP contribution is -2.16. The molecule has 1 amide bonds. The third-order valence-electron chi connectivity index (χ3n) is 3.69. The van der Waals surface area contributed by atoms with Crippen LogP contribution >= 0.6 is 0 Å². The van der Waals surface area contributed by atoms with Crippen molar-refractivity contribution in [3.8, 4) is 0 Å². The molecule has 0 aromatic heterocycles. The van der Waals surface area contributed by atoms with Gasteiger partial charge in [0, 0.05) is 16.8 Å². The number of anilines is 1. The fourth-order valence-electron chi connectivity index (χ4n) is 2.59. The van der Waals surface area contributed by atoms with Crippen LogP contribution in [-0.2, 0) is 16.0 Å². The quantitative estimate of drug-likeness (QED) is 0.852. The second kappa shape index (κ2) is 5.85. The first kappa shape index (κ1) is 14.1. The summed E-state index contributed by atoms with van der Waals surface area (Å²) in [6, 6.07) is 16.7.